The first kappa shape index (κ1) is 19.4. The van der Waals surface area contributed by atoms with E-state index in [1.807, 2.05) is 79.5 Å². The van der Waals surface area contributed by atoms with Crippen LogP contribution < -0.4 is 16.0 Å². The summed E-state index contributed by atoms with van der Waals surface area (Å²) < 4.78 is 1.62. The summed E-state index contributed by atoms with van der Waals surface area (Å²) in [5, 5.41) is 4.56. The molecule has 2 heterocycles. The van der Waals surface area contributed by atoms with Crippen molar-refractivity contribution in [1.82, 2.24) is 20.0 Å². The number of carbonyl (C=O) groups is 1. The lowest BCUT2D eigenvalue weighted by atomic mass is 10.1. The molecule has 0 fully saturated rings. The van der Waals surface area contributed by atoms with Gasteiger partial charge < -0.3 is 0 Å². The van der Waals surface area contributed by atoms with Crippen molar-refractivity contribution in [1.29, 1.82) is 0 Å². The summed E-state index contributed by atoms with van der Waals surface area (Å²) in [6.07, 6.45) is 0.152. The van der Waals surface area contributed by atoms with Crippen molar-refractivity contribution in [2.45, 2.75) is 26.8 Å². The van der Waals surface area contributed by atoms with Gasteiger partial charge in [0, 0.05) is 23.0 Å². The molecule has 7 nitrogen and oxygen atoms in total. The van der Waals surface area contributed by atoms with Gasteiger partial charge >= 0.3 is 0 Å². The normalized spacial score (nSPS) is 10.9. The van der Waals surface area contributed by atoms with Gasteiger partial charge in [-0.25, -0.2) is 9.50 Å². The van der Waals surface area contributed by atoms with E-state index in [9.17, 15) is 9.59 Å². The minimum atomic E-state index is -0.218. The van der Waals surface area contributed by atoms with Crippen LogP contribution in [-0.4, -0.2) is 20.5 Å². The molecule has 0 aliphatic rings. The number of nitrogens with one attached hydrogen (secondary N) is 2. The zero-order valence-corrected chi connectivity index (χ0v) is 16.9. The summed E-state index contributed by atoms with van der Waals surface area (Å²) in [5.41, 5.74) is 7.65. The monoisotopic (exact) mass is 401 g/mol. The number of rotatable bonds is 6. The smallest absolute Gasteiger partial charge is 0.266 e. The van der Waals surface area contributed by atoms with E-state index >= 15 is 0 Å². The number of carbonyl (C=O) groups excluding carboxylic acids is 1. The minimum absolute atomic E-state index is 0.152. The van der Waals surface area contributed by atoms with E-state index in [1.54, 1.807) is 4.52 Å². The van der Waals surface area contributed by atoms with E-state index in [0.29, 0.717) is 12.2 Å². The highest BCUT2D eigenvalue weighted by molar-refractivity contribution is 5.81. The standard InChI is InChI=1S/C23H23N5O2/c1-16-20(17(2)28-21(24-16)14-23(30)26-28)13-22(29)25-27(19-11-7-4-8-12-19)15-18-9-5-3-6-10-18/h3-12,14H,13,15H2,1-2H3,(H,25,29)(H,26,30). The average molecular weight is 401 g/mol. The van der Waals surface area contributed by atoms with Gasteiger partial charge in [0.25, 0.3) is 5.56 Å². The van der Waals surface area contributed by atoms with Crippen molar-refractivity contribution in [2.75, 3.05) is 5.01 Å². The third-order valence-electron chi connectivity index (χ3n) is 5.05. The first-order chi connectivity index (χ1) is 14.5. The molecule has 152 valence electrons. The molecular formula is C23H23N5O2. The maximum atomic E-state index is 13.0. The number of amides is 1. The van der Waals surface area contributed by atoms with E-state index in [2.05, 4.69) is 15.5 Å². The van der Waals surface area contributed by atoms with Crippen LogP contribution in [0.5, 0.6) is 0 Å². The fourth-order valence-corrected chi connectivity index (χ4v) is 3.53. The molecule has 0 bridgehead atoms. The van der Waals surface area contributed by atoms with Crippen LogP contribution in [0.4, 0.5) is 5.69 Å². The maximum absolute atomic E-state index is 13.0. The Kier molecular flexibility index (Phi) is 5.34. The number of aryl methyl sites for hydroxylation is 2. The second-order valence-electron chi connectivity index (χ2n) is 7.19. The lowest BCUT2D eigenvalue weighted by molar-refractivity contribution is -0.120. The molecule has 0 unspecified atom stereocenters. The van der Waals surface area contributed by atoms with Gasteiger partial charge in [0.15, 0.2) is 5.65 Å². The molecule has 0 atom stereocenters. The van der Waals surface area contributed by atoms with Crippen LogP contribution in [0.2, 0.25) is 0 Å². The largest absolute Gasteiger partial charge is 0.281 e. The number of nitrogens with zero attached hydrogens (tertiary/aromatic N) is 3. The van der Waals surface area contributed by atoms with Gasteiger partial charge in [-0.1, -0.05) is 48.5 Å². The predicted octanol–water partition coefficient (Wildman–Crippen LogP) is 2.92. The zero-order chi connectivity index (χ0) is 21.1. The number of H-pyrrole nitrogens is 1. The zero-order valence-electron chi connectivity index (χ0n) is 16.9. The second-order valence-corrected chi connectivity index (χ2v) is 7.19. The SMILES string of the molecule is Cc1nc2cc(=O)[nH]n2c(C)c1CC(=O)NN(Cc1ccccc1)c1ccccc1. The van der Waals surface area contributed by atoms with Crippen molar-refractivity contribution < 1.29 is 4.79 Å². The lowest BCUT2D eigenvalue weighted by Crippen LogP contribution is -2.43. The summed E-state index contributed by atoms with van der Waals surface area (Å²) in [6, 6.07) is 21.1. The Labute approximate surface area is 173 Å². The molecule has 0 spiro atoms. The van der Waals surface area contributed by atoms with Crippen LogP contribution in [0.15, 0.2) is 71.5 Å². The third kappa shape index (κ3) is 4.10. The molecule has 7 heteroatoms. The van der Waals surface area contributed by atoms with E-state index in [1.165, 1.54) is 6.07 Å². The van der Waals surface area contributed by atoms with Crippen LogP contribution in [0.25, 0.3) is 5.65 Å². The Balaban J connectivity index is 1.58. The molecule has 0 aliphatic heterocycles. The topological polar surface area (TPSA) is 82.5 Å². The van der Waals surface area contributed by atoms with E-state index in [-0.39, 0.29) is 17.9 Å². The molecule has 2 aromatic carbocycles. The van der Waals surface area contributed by atoms with Gasteiger partial charge in [-0.2, -0.15) is 0 Å². The number of hydrogen-bond acceptors (Lipinski definition) is 4. The number of aromatic amines is 1. The molecule has 2 N–H and O–H groups in total. The van der Waals surface area contributed by atoms with Gasteiger partial charge in [-0.05, 0) is 31.5 Å². The fraction of sp³-hybridized carbons (Fsp3) is 0.174. The van der Waals surface area contributed by atoms with E-state index in [0.717, 1.165) is 28.2 Å². The van der Waals surface area contributed by atoms with Crippen LogP contribution in [-0.2, 0) is 17.8 Å². The minimum Gasteiger partial charge on any atom is -0.281 e. The van der Waals surface area contributed by atoms with Gasteiger partial charge in [0.1, 0.15) is 0 Å². The highest BCUT2D eigenvalue weighted by Crippen LogP contribution is 2.17. The average Bonchev–Trinajstić information content (AvgIpc) is 3.12. The Morgan fingerprint density at radius 2 is 1.73 bits per heavy atom. The lowest BCUT2D eigenvalue weighted by Gasteiger charge is -2.26. The summed E-state index contributed by atoms with van der Waals surface area (Å²) in [4.78, 5) is 29.1. The summed E-state index contributed by atoms with van der Waals surface area (Å²) >= 11 is 0. The number of para-hydroxylation sites is 1. The number of anilines is 1. The first-order valence-corrected chi connectivity index (χ1v) is 9.75. The predicted molar refractivity (Wildman–Crippen MR) is 116 cm³/mol. The molecule has 0 aliphatic carbocycles. The van der Waals surface area contributed by atoms with Crippen LogP contribution in [0, 0.1) is 13.8 Å². The Bertz CT molecular complexity index is 1230. The summed E-state index contributed by atoms with van der Waals surface area (Å²) in [6.45, 7) is 4.27. The molecule has 4 rings (SSSR count). The Morgan fingerprint density at radius 1 is 1.07 bits per heavy atom. The second kappa shape index (κ2) is 8.24. The third-order valence-corrected chi connectivity index (χ3v) is 5.05. The van der Waals surface area contributed by atoms with E-state index in [4.69, 9.17) is 0 Å². The van der Waals surface area contributed by atoms with Crippen LogP contribution in [0.3, 0.4) is 0 Å². The molecule has 4 aromatic rings. The van der Waals surface area contributed by atoms with Gasteiger partial charge in [0.2, 0.25) is 5.91 Å². The van der Waals surface area contributed by atoms with Crippen LogP contribution in [0.1, 0.15) is 22.5 Å². The number of fused-ring (bicyclic) bond motifs is 1. The Morgan fingerprint density at radius 3 is 2.43 bits per heavy atom. The maximum Gasteiger partial charge on any atom is 0.266 e. The fourth-order valence-electron chi connectivity index (χ4n) is 3.53. The molecule has 1 amide bonds. The van der Waals surface area contributed by atoms with Crippen molar-refractivity contribution in [3.63, 3.8) is 0 Å². The highest BCUT2D eigenvalue weighted by atomic mass is 16.2. The number of hydrogen-bond donors (Lipinski definition) is 2. The van der Waals surface area contributed by atoms with Crippen molar-refractivity contribution in [2.24, 2.45) is 0 Å². The van der Waals surface area contributed by atoms with Crippen molar-refractivity contribution in [3.05, 3.63) is 99.6 Å². The molecule has 0 saturated heterocycles. The number of hydrazine groups is 1. The summed E-state index contributed by atoms with van der Waals surface area (Å²) in [5.74, 6) is -0.156. The number of aromatic nitrogens is 3. The van der Waals surface area contributed by atoms with Crippen molar-refractivity contribution in [3.8, 4) is 0 Å². The highest BCUT2D eigenvalue weighted by Gasteiger charge is 2.17. The van der Waals surface area contributed by atoms with Crippen LogP contribution >= 0.6 is 0 Å². The van der Waals surface area contributed by atoms with Crippen molar-refractivity contribution >= 4 is 17.2 Å². The molecular weight excluding hydrogens is 378 g/mol. The Hall–Kier alpha value is -3.87. The molecule has 0 radical (unpaired) electrons. The van der Waals surface area contributed by atoms with Gasteiger partial charge in [0.05, 0.1) is 18.7 Å². The van der Waals surface area contributed by atoms with Gasteiger partial charge in [-0.3, -0.25) is 25.1 Å². The molecule has 30 heavy (non-hydrogen) atoms. The quantitative estimate of drug-likeness (QED) is 0.487. The molecule has 0 saturated carbocycles. The summed E-state index contributed by atoms with van der Waals surface area (Å²) in [7, 11) is 0. The van der Waals surface area contributed by atoms with Gasteiger partial charge in [-0.15, -0.1) is 0 Å². The first-order valence-electron chi connectivity index (χ1n) is 9.75. The number of benzene rings is 2. The molecule has 2 aromatic heterocycles. The van der Waals surface area contributed by atoms with E-state index < -0.39 is 0 Å².